The molecule has 0 fully saturated rings. The summed E-state index contributed by atoms with van der Waals surface area (Å²) in [6.45, 7) is 6.86. The summed E-state index contributed by atoms with van der Waals surface area (Å²) in [5.41, 5.74) is 5.02. The van der Waals surface area contributed by atoms with Gasteiger partial charge in [0.05, 0.1) is 5.69 Å². The van der Waals surface area contributed by atoms with Crippen LogP contribution in [0, 0.1) is 0 Å². The lowest BCUT2D eigenvalue weighted by Gasteiger charge is -2.28. The van der Waals surface area contributed by atoms with E-state index in [0.29, 0.717) is 0 Å². The Labute approximate surface area is 195 Å². The van der Waals surface area contributed by atoms with Crippen LogP contribution in [0.15, 0.2) is 109 Å². The van der Waals surface area contributed by atoms with Gasteiger partial charge in [-0.2, -0.15) is 0 Å². The highest BCUT2D eigenvalue weighted by atomic mass is 15.1. The molecule has 6 aromatic rings. The highest BCUT2D eigenvalue weighted by Crippen LogP contribution is 2.44. The highest BCUT2D eigenvalue weighted by Gasteiger charge is 2.20. The molecule has 0 unspecified atom stereocenters. The molecule has 6 rings (SSSR count). The number of benzene rings is 6. The van der Waals surface area contributed by atoms with Crippen molar-refractivity contribution in [2.24, 2.45) is 0 Å². The summed E-state index contributed by atoms with van der Waals surface area (Å²) in [6, 6.07) is 39.8. The topological polar surface area (TPSA) is 3.24 Å². The molecule has 0 aromatic heterocycles. The molecule has 160 valence electrons. The van der Waals surface area contributed by atoms with E-state index >= 15 is 0 Å². The van der Waals surface area contributed by atoms with E-state index in [0.717, 1.165) is 11.4 Å². The second-order valence-electron chi connectivity index (χ2n) is 9.92. The molecule has 0 aliphatic heterocycles. The summed E-state index contributed by atoms with van der Waals surface area (Å²) in [7, 11) is 0. The zero-order valence-corrected chi connectivity index (χ0v) is 19.3. The normalized spacial score (nSPS) is 12.1. The van der Waals surface area contributed by atoms with Crippen molar-refractivity contribution in [3.8, 4) is 0 Å². The maximum absolute atomic E-state index is 2.38. The van der Waals surface area contributed by atoms with E-state index in [1.807, 2.05) is 0 Å². The summed E-state index contributed by atoms with van der Waals surface area (Å²) in [5.74, 6) is 0. The van der Waals surface area contributed by atoms with Crippen LogP contribution in [0.2, 0.25) is 0 Å². The number of anilines is 3. The average molecular weight is 426 g/mol. The van der Waals surface area contributed by atoms with Crippen molar-refractivity contribution in [2.75, 3.05) is 4.90 Å². The van der Waals surface area contributed by atoms with Gasteiger partial charge in [-0.15, -0.1) is 0 Å². The number of nitrogens with zero attached hydrogens (tertiary/aromatic N) is 1. The minimum atomic E-state index is 0.118. The smallest absolute Gasteiger partial charge is 0.0540 e. The van der Waals surface area contributed by atoms with E-state index in [1.165, 1.54) is 43.6 Å². The van der Waals surface area contributed by atoms with Gasteiger partial charge in [-0.3, -0.25) is 0 Å². The molecule has 0 saturated heterocycles. The van der Waals surface area contributed by atoms with E-state index < -0.39 is 0 Å². The van der Waals surface area contributed by atoms with Crippen LogP contribution in [0.4, 0.5) is 17.1 Å². The molecule has 1 heteroatoms. The van der Waals surface area contributed by atoms with Crippen molar-refractivity contribution in [1.82, 2.24) is 0 Å². The summed E-state index contributed by atoms with van der Waals surface area (Å²) < 4.78 is 0. The van der Waals surface area contributed by atoms with Gasteiger partial charge in [0, 0.05) is 16.8 Å². The lowest BCUT2D eigenvalue weighted by atomic mass is 9.83. The first-order chi connectivity index (χ1) is 16.0. The van der Waals surface area contributed by atoms with Crippen molar-refractivity contribution in [2.45, 2.75) is 26.2 Å². The Balaban J connectivity index is 1.68. The zero-order chi connectivity index (χ0) is 22.6. The molecular weight excluding hydrogens is 398 g/mol. The molecule has 0 aliphatic carbocycles. The summed E-state index contributed by atoms with van der Waals surface area (Å²) in [6.07, 6.45) is 0. The molecule has 33 heavy (non-hydrogen) atoms. The summed E-state index contributed by atoms with van der Waals surface area (Å²) >= 11 is 0. The van der Waals surface area contributed by atoms with E-state index in [4.69, 9.17) is 0 Å². The van der Waals surface area contributed by atoms with Crippen LogP contribution in [0.5, 0.6) is 0 Å². The molecule has 0 atom stereocenters. The lowest BCUT2D eigenvalue weighted by molar-refractivity contribution is 0.591. The molecule has 0 N–H and O–H groups in total. The van der Waals surface area contributed by atoms with E-state index in [1.54, 1.807) is 0 Å². The van der Waals surface area contributed by atoms with Crippen molar-refractivity contribution in [3.05, 3.63) is 115 Å². The predicted molar refractivity (Wildman–Crippen MR) is 144 cm³/mol. The SMILES string of the molecule is CC(C)(C)c1cc2ccc3ccc(N(c4ccccc4)c4ccccc4)c4ccc(c1)c2c34. The molecule has 0 heterocycles. The Hall–Kier alpha value is -3.84. The predicted octanol–water partition coefficient (Wildman–Crippen LogP) is 9.35. The second-order valence-corrected chi connectivity index (χ2v) is 9.92. The first-order valence-corrected chi connectivity index (χ1v) is 11.6. The van der Waals surface area contributed by atoms with Gasteiger partial charge >= 0.3 is 0 Å². The Bertz CT molecular complexity index is 1520. The molecule has 0 saturated carbocycles. The number of para-hydroxylation sites is 2. The van der Waals surface area contributed by atoms with Crippen LogP contribution in [-0.4, -0.2) is 0 Å². The van der Waals surface area contributed by atoms with Crippen LogP contribution < -0.4 is 4.90 Å². The van der Waals surface area contributed by atoms with Crippen LogP contribution in [0.1, 0.15) is 26.3 Å². The van der Waals surface area contributed by atoms with Crippen molar-refractivity contribution in [3.63, 3.8) is 0 Å². The first kappa shape index (κ1) is 19.8. The maximum atomic E-state index is 2.38. The highest BCUT2D eigenvalue weighted by molar-refractivity contribution is 6.26. The number of rotatable bonds is 3. The fraction of sp³-hybridized carbons (Fsp3) is 0.125. The first-order valence-electron chi connectivity index (χ1n) is 11.6. The summed E-state index contributed by atoms with van der Waals surface area (Å²) in [5, 5.41) is 7.91. The number of hydrogen-bond donors (Lipinski definition) is 0. The van der Waals surface area contributed by atoms with Crippen LogP contribution >= 0.6 is 0 Å². The standard InChI is InChI=1S/C32H27N/c1-32(2,3)25-20-23-15-14-22-17-19-29(28-18-16-24(21-25)30(23)31(22)28)33(26-10-6-4-7-11-26)27-12-8-5-9-13-27/h4-21H,1-3H3. The zero-order valence-electron chi connectivity index (χ0n) is 19.3. The average Bonchev–Trinajstić information content (AvgIpc) is 2.84. The van der Waals surface area contributed by atoms with Gasteiger partial charge in [0.1, 0.15) is 0 Å². The van der Waals surface area contributed by atoms with Crippen molar-refractivity contribution < 1.29 is 0 Å². The molecule has 0 spiro atoms. The van der Waals surface area contributed by atoms with Gasteiger partial charge in [-0.25, -0.2) is 0 Å². The van der Waals surface area contributed by atoms with Crippen molar-refractivity contribution in [1.29, 1.82) is 0 Å². The molecule has 0 radical (unpaired) electrons. The van der Waals surface area contributed by atoms with Gasteiger partial charge in [0.2, 0.25) is 0 Å². The van der Waals surface area contributed by atoms with Gasteiger partial charge in [0.25, 0.3) is 0 Å². The van der Waals surface area contributed by atoms with Gasteiger partial charge < -0.3 is 4.90 Å². The van der Waals surface area contributed by atoms with E-state index in [9.17, 15) is 0 Å². The van der Waals surface area contributed by atoms with Gasteiger partial charge in [-0.05, 0) is 68.2 Å². The van der Waals surface area contributed by atoms with Crippen molar-refractivity contribution >= 4 is 49.4 Å². The second kappa shape index (κ2) is 7.35. The Morgan fingerprint density at radius 2 is 1.03 bits per heavy atom. The Morgan fingerprint density at radius 3 is 1.61 bits per heavy atom. The Morgan fingerprint density at radius 1 is 0.515 bits per heavy atom. The maximum Gasteiger partial charge on any atom is 0.0540 e. The molecule has 0 aliphatic rings. The third-order valence-electron chi connectivity index (χ3n) is 6.71. The lowest BCUT2D eigenvalue weighted by Crippen LogP contribution is -2.11. The quantitative estimate of drug-likeness (QED) is 0.255. The van der Waals surface area contributed by atoms with E-state index in [-0.39, 0.29) is 5.41 Å². The fourth-order valence-corrected chi connectivity index (χ4v) is 5.01. The Kier molecular flexibility index (Phi) is 4.41. The minimum absolute atomic E-state index is 0.118. The largest absolute Gasteiger partial charge is 0.310 e. The molecule has 0 amide bonds. The van der Waals surface area contributed by atoms with Gasteiger partial charge in [0.15, 0.2) is 0 Å². The fourth-order valence-electron chi connectivity index (χ4n) is 5.01. The minimum Gasteiger partial charge on any atom is -0.310 e. The third-order valence-corrected chi connectivity index (χ3v) is 6.71. The third kappa shape index (κ3) is 3.24. The molecule has 6 aromatic carbocycles. The molecular formula is C32H27N. The summed E-state index contributed by atoms with van der Waals surface area (Å²) in [4.78, 5) is 2.37. The van der Waals surface area contributed by atoms with Crippen LogP contribution in [0.3, 0.4) is 0 Å². The van der Waals surface area contributed by atoms with Gasteiger partial charge in [-0.1, -0.05) is 99.6 Å². The molecule has 0 bridgehead atoms. The monoisotopic (exact) mass is 425 g/mol. The number of hydrogen-bond acceptors (Lipinski definition) is 1. The van der Waals surface area contributed by atoms with E-state index in [2.05, 4.69) is 135 Å². The molecule has 1 nitrogen and oxygen atoms in total. The van der Waals surface area contributed by atoms with Crippen LogP contribution in [0.25, 0.3) is 32.3 Å². The van der Waals surface area contributed by atoms with Crippen LogP contribution in [-0.2, 0) is 5.41 Å².